The first kappa shape index (κ1) is 14.0. The van der Waals surface area contributed by atoms with Crippen LogP contribution in [0.4, 0.5) is 0 Å². The van der Waals surface area contributed by atoms with Gasteiger partial charge in [0.1, 0.15) is 18.5 Å². The molecule has 5 nitrogen and oxygen atoms in total. The lowest BCUT2D eigenvalue weighted by atomic mass is 10.00. The molecular weight excluding hydrogens is 268 g/mol. The van der Waals surface area contributed by atoms with Gasteiger partial charge in [0.05, 0.1) is 5.56 Å². The van der Waals surface area contributed by atoms with Gasteiger partial charge in [0.25, 0.3) is 10.1 Å². The maximum absolute atomic E-state index is 12.1. The quantitative estimate of drug-likeness (QED) is 0.608. The summed E-state index contributed by atoms with van der Waals surface area (Å²) in [6.45, 7) is 5.52. The molecule has 1 atom stereocenters. The van der Waals surface area contributed by atoms with Crippen molar-refractivity contribution in [2.75, 3.05) is 12.4 Å². The molecule has 0 N–H and O–H groups in total. The van der Waals surface area contributed by atoms with Crippen molar-refractivity contribution in [1.29, 1.82) is 0 Å². The van der Waals surface area contributed by atoms with Crippen LogP contribution in [-0.4, -0.2) is 32.9 Å². The van der Waals surface area contributed by atoms with E-state index >= 15 is 0 Å². The van der Waals surface area contributed by atoms with E-state index < -0.39 is 22.2 Å². The molecule has 0 aliphatic carbocycles. The van der Waals surface area contributed by atoms with Crippen molar-refractivity contribution in [3.8, 4) is 0 Å². The molecule has 0 radical (unpaired) electrons. The van der Waals surface area contributed by atoms with Crippen LogP contribution >= 0.6 is 0 Å². The molecule has 19 heavy (non-hydrogen) atoms. The number of carbonyl (C=O) groups excluding carboxylic acids is 1. The molecule has 1 aliphatic rings. The summed E-state index contributed by atoms with van der Waals surface area (Å²) in [5.74, 6) is -0.774. The fraction of sp³-hybridized carbons (Fsp3) is 0.462. The highest BCUT2D eigenvalue weighted by atomic mass is 32.2. The van der Waals surface area contributed by atoms with Crippen molar-refractivity contribution in [2.24, 2.45) is 0 Å². The first-order valence-electron chi connectivity index (χ1n) is 5.94. The average Bonchev–Trinajstić information content (AvgIpc) is 2.56. The Bertz CT molecular complexity index is 595. The minimum absolute atomic E-state index is 0.0992. The zero-order chi connectivity index (χ0) is 14.2. The highest BCUT2D eigenvalue weighted by Gasteiger charge is 2.32. The first-order chi connectivity index (χ1) is 8.78. The predicted molar refractivity (Wildman–Crippen MR) is 69.6 cm³/mol. The van der Waals surface area contributed by atoms with Gasteiger partial charge in [-0.1, -0.05) is 17.7 Å². The summed E-state index contributed by atoms with van der Waals surface area (Å²) in [4.78, 5) is 12.1. The van der Waals surface area contributed by atoms with Gasteiger partial charge in [0.2, 0.25) is 0 Å². The van der Waals surface area contributed by atoms with Crippen LogP contribution in [0.5, 0.6) is 0 Å². The van der Waals surface area contributed by atoms with Gasteiger partial charge in [-0.3, -0.25) is 4.18 Å². The van der Waals surface area contributed by atoms with Crippen LogP contribution in [0.3, 0.4) is 0 Å². The largest absolute Gasteiger partial charge is 0.455 e. The Hall–Kier alpha value is -1.40. The van der Waals surface area contributed by atoms with E-state index in [9.17, 15) is 13.2 Å². The maximum atomic E-state index is 12.1. The Morgan fingerprint density at radius 3 is 2.32 bits per heavy atom. The topological polar surface area (TPSA) is 69.7 Å². The van der Waals surface area contributed by atoms with E-state index in [0.29, 0.717) is 5.56 Å². The van der Waals surface area contributed by atoms with Gasteiger partial charge < -0.3 is 4.74 Å². The van der Waals surface area contributed by atoms with Gasteiger partial charge in [0, 0.05) is 0 Å². The standard InChI is InChI=1S/C13H16O5S/c1-8-4-9(2)12(10(3)5-8)13(14)18-11-6-17-19(15,16)7-11/h4-5,11H,6-7H2,1-3H3. The summed E-state index contributed by atoms with van der Waals surface area (Å²) in [7, 11) is -3.53. The Kier molecular flexibility index (Phi) is 3.64. The maximum Gasteiger partial charge on any atom is 0.339 e. The summed E-state index contributed by atoms with van der Waals surface area (Å²) in [5, 5.41) is 0. The number of benzene rings is 1. The molecule has 6 heteroatoms. The van der Waals surface area contributed by atoms with E-state index in [-0.39, 0.29) is 12.4 Å². The van der Waals surface area contributed by atoms with Crippen molar-refractivity contribution in [2.45, 2.75) is 26.9 Å². The second kappa shape index (κ2) is 4.94. The van der Waals surface area contributed by atoms with E-state index in [1.807, 2.05) is 32.9 Å². The molecule has 0 bridgehead atoms. The zero-order valence-electron chi connectivity index (χ0n) is 11.1. The monoisotopic (exact) mass is 284 g/mol. The summed E-state index contributed by atoms with van der Waals surface area (Å²) in [5.41, 5.74) is 3.21. The number of esters is 1. The van der Waals surface area contributed by atoms with Crippen LogP contribution in [0.15, 0.2) is 12.1 Å². The molecule has 0 aromatic heterocycles. The molecule has 1 fully saturated rings. The lowest BCUT2D eigenvalue weighted by Gasteiger charge is -2.13. The normalized spacial score (nSPS) is 21.3. The Morgan fingerprint density at radius 1 is 1.26 bits per heavy atom. The molecule has 0 amide bonds. The van der Waals surface area contributed by atoms with Gasteiger partial charge in [-0.25, -0.2) is 4.79 Å². The van der Waals surface area contributed by atoms with Crippen molar-refractivity contribution in [3.63, 3.8) is 0 Å². The predicted octanol–water partition coefficient (Wildman–Crippen LogP) is 1.50. The molecular formula is C13H16O5S. The zero-order valence-corrected chi connectivity index (χ0v) is 11.9. The fourth-order valence-corrected chi connectivity index (χ4v) is 3.36. The first-order valence-corrected chi connectivity index (χ1v) is 7.52. The van der Waals surface area contributed by atoms with Crippen molar-refractivity contribution < 1.29 is 22.1 Å². The summed E-state index contributed by atoms with van der Waals surface area (Å²) >= 11 is 0. The third kappa shape index (κ3) is 3.13. The lowest BCUT2D eigenvalue weighted by molar-refractivity contribution is 0.0301. The fourth-order valence-electron chi connectivity index (χ4n) is 2.28. The number of rotatable bonds is 2. The smallest absolute Gasteiger partial charge is 0.339 e. The van der Waals surface area contributed by atoms with Crippen molar-refractivity contribution >= 4 is 16.1 Å². The highest BCUT2D eigenvalue weighted by molar-refractivity contribution is 7.87. The molecule has 1 aromatic rings. The molecule has 2 rings (SSSR count). The van der Waals surface area contributed by atoms with Crippen LogP contribution in [0.1, 0.15) is 27.0 Å². The Balaban J connectivity index is 2.18. The van der Waals surface area contributed by atoms with E-state index in [0.717, 1.165) is 16.7 Å². The Labute approximate surface area is 112 Å². The van der Waals surface area contributed by atoms with E-state index in [4.69, 9.17) is 4.74 Å². The van der Waals surface area contributed by atoms with Gasteiger partial charge in [-0.15, -0.1) is 0 Å². The van der Waals surface area contributed by atoms with E-state index in [1.54, 1.807) is 0 Å². The number of ether oxygens (including phenoxy) is 1. The summed E-state index contributed by atoms with van der Waals surface area (Å²) < 4.78 is 32.0. The van der Waals surface area contributed by atoms with Crippen molar-refractivity contribution in [3.05, 3.63) is 34.4 Å². The summed E-state index contributed by atoms with van der Waals surface area (Å²) in [6.07, 6.45) is -0.724. The Morgan fingerprint density at radius 2 is 1.84 bits per heavy atom. The molecule has 1 saturated heterocycles. The molecule has 1 aromatic carbocycles. The third-order valence-electron chi connectivity index (χ3n) is 2.98. The van der Waals surface area contributed by atoms with Gasteiger partial charge >= 0.3 is 5.97 Å². The van der Waals surface area contributed by atoms with Gasteiger partial charge in [-0.05, 0) is 31.9 Å². The SMILES string of the molecule is Cc1cc(C)c(C(=O)OC2COS(=O)(=O)C2)c(C)c1. The lowest BCUT2D eigenvalue weighted by Crippen LogP contribution is -2.22. The number of hydrogen-bond acceptors (Lipinski definition) is 5. The second-order valence-electron chi connectivity index (χ2n) is 4.81. The minimum atomic E-state index is -3.53. The molecule has 104 valence electrons. The average molecular weight is 284 g/mol. The van der Waals surface area contributed by atoms with Crippen LogP contribution < -0.4 is 0 Å². The summed E-state index contributed by atoms with van der Waals surface area (Å²) in [6, 6.07) is 3.79. The number of hydrogen-bond donors (Lipinski definition) is 0. The van der Waals surface area contributed by atoms with Crippen LogP contribution in [0.25, 0.3) is 0 Å². The van der Waals surface area contributed by atoms with Gasteiger partial charge in [0.15, 0.2) is 0 Å². The van der Waals surface area contributed by atoms with Crippen LogP contribution in [0, 0.1) is 20.8 Å². The van der Waals surface area contributed by atoms with Crippen LogP contribution in [-0.2, 0) is 19.0 Å². The molecule has 1 aliphatic heterocycles. The van der Waals surface area contributed by atoms with Crippen molar-refractivity contribution in [1.82, 2.24) is 0 Å². The van der Waals surface area contributed by atoms with Gasteiger partial charge in [-0.2, -0.15) is 8.42 Å². The second-order valence-corrected chi connectivity index (χ2v) is 6.49. The highest BCUT2D eigenvalue weighted by Crippen LogP contribution is 2.20. The number of aryl methyl sites for hydroxylation is 3. The molecule has 1 unspecified atom stereocenters. The third-order valence-corrected chi connectivity index (χ3v) is 4.25. The molecule has 0 spiro atoms. The molecule has 0 saturated carbocycles. The minimum Gasteiger partial charge on any atom is -0.455 e. The molecule has 1 heterocycles. The van der Waals surface area contributed by atoms with Crippen LogP contribution in [0.2, 0.25) is 0 Å². The van der Waals surface area contributed by atoms with E-state index in [1.165, 1.54) is 0 Å². The number of carbonyl (C=O) groups is 1. The van der Waals surface area contributed by atoms with E-state index in [2.05, 4.69) is 4.18 Å².